The molecule has 0 aliphatic carbocycles. The van der Waals surface area contributed by atoms with Crippen LogP contribution in [0.3, 0.4) is 0 Å². The molecule has 0 fully saturated rings. The van der Waals surface area contributed by atoms with Crippen molar-refractivity contribution in [1.29, 1.82) is 0 Å². The zero-order valence-corrected chi connectivity index (χ0v) is 25.6. The third-order valence-electron chi connectivity index (χ3n) is 5.69. The molecule has 0 aromatic heterocycles. The van der Waals surface area contributed by atoms with Crippen molar-refractivity contribution >= 4 is 23.6 Å². The monoisotopic (exact) mass is 521 g/mol. The van der Waals surface area contributed by atoms with E-state index in [-0.39, 0.29) is 23.4 Å². The van der Waals surface area contributed by atoms with Gasteiger partial charge in [-0.05, 0) is 38.6 Å². The molecule has 3 unspecified atom stereocenters. The molecule has 3 atom stereocenters. The summed E-state index contributed by atoms with van der Waals surface area (Å²) >= 11 is 0. The number of hydrogen-bond donors (Lipinski definition) is 1. The molecule has 1 aromatic carbocycles. The summed E-state index contributed by atoms with van der Waals surface area (Å²) in [6.07, 6.45) is 9.83. The van der Waals surface area contributed by atoms with E-state index in [0.717, 1.165) is 44.8 Å². The van der Waals surface area contributed by atoms with Gasteiger partial charge in [0.15, 0.2) is 5.78 Å². The summed E-state index contributed by atoms with van der Waals surface area (Å²) in [7, 11) is 0. The van der Waals surface area contributed by atoms with Gasteiger partial charge in [-0.2, -0.15) is 0 Å². The van der Waals surface area contributed by atoms with E-state index in [9.17, 15) is 19.2 Å². The lowest BCUT2D eigenvalue weighted by Gasteiger charge is -2.11. The summed E-state index contributed by atoms with van der Waals surface area (Å²) in [5.41, 5.74) is 5.38. The summed E-state index contributed by atoms with van der Waals surface area (Å²) < 4.78 is 0. The van der Waals surface area contributed by atoms with E-state index in [4.69, 9.17) is 5.73 Å². The zero-order chi connectivity index (χ0) is 29.5. The summed E-state index contributed by atoms with van der Waals surface area (Å²) in [6.45, 7) is 17.8. The van der Waals surface area contributed by atoms with Crippen molar-refractivity contribution in [3.63, 3.8) is 0 Å². The van der Waals surface area contributed by atoms with E-state index in [1.165, 1.54) is 19.8 Å². The third-order valence-corrected chi connectivity index (χ3v) is 5.69. The molecular formula is C32H59NO4. The Balaban J connectivity index is -0.000000199. The first-order chi connectivity index (χ1) is 17.6. The number of nitrogens with two attached hydrogens (primary N) is 1. The number of aldehydes is 1. The van der Waals surface area contributed by atoms with Gasteiger partial charge in [0.1, 0.15) is 12.1 Å². The van der Waals surface area contributed by atoms with Crippen LogP contribution in [0.2, 0.25) is 0 Å². The topological polar surface area (TPSA) is 94.3 Å². The van der Waals surface area contributed by atoms with Crippen molar-refractivity contribution < 1.29 is 19.2 Å². The number of carbonyl (C=O) groups excluding carboxylic acids is 4. The number of benzene rings is 1. The maximum atomic E-state index is 11.3. The van der Waals surface area contributed by atoms with E-state index >= 15 is 0 Å². The van der Waals surface area contributed by atoms with Crippen LogP contribution in [0.4, 0.5) is 0 Å². The Kier molecular flexibility index (Phi) is 38.4. The second-order valence-electron chi connectivity index (χ2n) is 9.03. The quantitative estimate of drug-likeness (QED) is 0.152. The minimum atomic E-state index is -0.338. The smallest absolute Gasteiger partial charge is 0.201 e. The predicted octanol–water partition coefficient (Wildman–Crippen LogP) is 8.04. The zero-order valence-electron chi connectivity index (χ0n) is 25.6. The molecule has 0 bridgehead atoms. The molecule has 0 amide bonds. The molecule has 0 aliphatic rings. The van der Waals surface area contributed by atoms with Gasteiger partial charge in [-0.3, -0.25) is 9.59 Å². The average Bonchev–Trinajstić information content (AvgIpc) is 2.92. The first kappa shape index (κ1) is 42.0. The molecule has 0 radical (unpaired) electrons. The van der Waals surface area contributed by atoms with Crippen LogP contribution in [0.15, 0.2) is 36.4 Å². The van der Waals surface area contributed by atoms with E-state index in [2.05, 4.69) is 27.7 Å². The Morgan fingerprint density at radius 3 is 1.51 bits per heavy atom. The normalized spacial score (nSPS) is 11.6. The Hall–Kier alpha value is -2.14. The number of Topliss-reactive ketones (excluding diaryl/α,β-unsaturated/α-hetero) is 3. The van der Waals surface area contributed by atoms with Crippen molar-refractivity contribution in [3.05, 3.63) is 36.4 Å². The maximum Gasteiger partial charge on any atom is 0.201 e. The van der Waals surface area contributed by atoms with Gasteiger partial charge in [0.05, 0.1) is 0 Å². The van der Waals surface area contributed by atoms with Gasteiger partial charge in [0.25, 0.3) is 0 Å². The SMILES string of the molecule is CC.CCC(C)C(C)C=O.CCCCC(CCN)C(=O)C(C)=O.CCCCCC(C)=O.c1ccccc1. The number of ketones is 3. The molecule has 1 aromatic rings. The fourth-order valence-electron chi connectivity index (χ4n) is 2.86. The molecule has 0 heterocycles. The fraction of sp³-hybridized carbons (Fsp3) is 0.688. The second kappa shape index (κ2) is 33.9. The standard InChI is InChI=1S/C10H19NO2.2C7H14O.C6H6.C2H6/c1-3-4-5-9(6-7-11)10(13)8(2)12;1-4-6(2)7(3)5-8;1-3-4-5-6-7(2)8;1-2-4-6-5-3-1;1-2/h9H,3-7,11H2,1-2H3;5-7H,4H2,1-3H3;3-6H2,1-2H3;1-6H;1-2H3. The highest BCUT2D eigenvalue weighted by Crippen LogP contribution is 2.13. The summed E-state index contributed by atoms with van der Waals surface area (Å²) in [4.78, 5) is 42.6. The lowest BCUT2D eigenvalue weighted by Crippen LogP contribution is -2.24. The highest BCUT2D eigenvalue weighted by molar-refractivity contribution is 6.37. The van der Waals surface area contributed by atoms with Crippen LogP contribution in [0.1, 0.15) is 120 Å². The molecule has 1 rings (SSSR count). The number of hydrogen-bond acceptors (Lipinski definition) is 5. The van der Waals surface area contributed by atoms with Gasteiger partial charge in [0, 0.05) is 25.2 Å². The lowest BCUT2D eigenvalue weighted by atomic mass is 9.92. The van der Waals surface area contributed by atoms with Crippen LogP contribution in [-0.2, 0) is 19.2 Å². The van der Waals surface area contributed by atoms with E-state index in [0.29, 0.717) is 24.7 Å². The highest BCUT2D eigenvalue weighted by atomic mass is 16.2. The fourth-order valence-corrected chi connectivity index (χ4v) is 2.86. The first-order valence-corrected chi connectivity index (χ1v) is 14.3. The molecular weight excluding hydrogens is 462 g/mol. The van der Waals surface area contributed by atoms with E-state index in [1.54, 1.807) is 6.92 Å². The lowest BCUT2D eigenvalue weighted by molar-refractivity contribution is -0.138. The summed E-state index contributed by atoms with van der Waals surface area (Å²) in [6, 6.07) is 12.0. The van der Waals surface area contributed by atoms with Gasteiger partial charge < -0.3 is 15.3 Å². The van der Waals surface area contributed by atoms with Crippen LogP contribution in [0, 0.1) is 17.8 Å². The Morgan fingerprint density at radius 1 is 0.784 bits per heavy atom. The van der Waals surface area contributed by atoms with Crippen LogP contribution in [0.25, 0.3) is 0 Å². The maximum absolute atomic E-state index is 11.3. The average molecular weight is 522 g/mol. The number of rotatable bonds is 14. The predicted molar refractivity (Wildman–Crippen MR) is 160 cm³/mol. The largest absolute Gasteiger partial charge is 0.330 e. The van der Waals surface area contributed by atoms with Gasteiger partial charge >= 0.3 is 0 Å². The number of carbonyl (C=O) groups is 4. The third kappa shape index (κ3) is 33.9. The highest BCUT2D eigenvalue weighted by Gasteiger charge is 2.20. The molecule has 2 N–H and O–H groups in total. The molecule has 37 heavy (non-hydrogen) atoms. The number of unbranched alkanes of at least 4 members (excludes halogenated alkanes) is 3. The van der Waals surface area contributed by atoms with Crippen molar-refractivity contribution in [2.24, 2.45) is 23.5 Å². The molecule has 0 saturated heterocycles. The summed E-state index contributed by atoms with van der Waals surface area (Å²) in [5.74, 6) is 0.377. The minimum absolute atomic E-state index is 0.137. The van der Waals surface area contributed by atoms with Crippen LogP contribution >= 0.6 is 0 Å². The van der Waals surface area contributed by atoms with E-state index in [1.807, 2.05) is 57.2 Å². The Bertz CT molecular complexity index is 604. The van der Waals surface area contributed by atoms with Crippen molar-refractivity contribution in [2.75, 3.05) is 6.54 Å². The van der Waals surface area contributed by atoms with Crippen molar-refractivity contribution in [1.82, 2.24) is 0 Å². The molecule has 5 heteroatoms. The van der Waals surface area contributed by atoms with Crippen molar-refractivity contribution in [3.8, 4) is 0 Å². The van der Waals surface area contributed by atoms with Gasteiger partial charge in [-0.25, -0.2) is 0 Å². The molecule has 0 aliphatic heterocycles. The van der Waals surface area contributed by atoms with Gasteiger partial charge in [0.2, 0.25) is 5.78 Å². The van der Waals surface area contributed by atoms with Crippen LogP contribution in [-0.4, -0.2) is 30.2 Å². The van der Waals surface area contributed by atoms with E-state index < -0.39 is 0 Å². The summed E-state index contributed by atoms with van der Waals surface area (Å²) in [5, 5.41) is 0. The van der Waals surface area contributed by atoms with Gasteiger partial charge in [-0.1, -0.05) is 117 Å². The molecule has 0 spiro atoms. The minimum Gasteiger partial charge on any atom is -0.330 e. The Labute approximate surface area is 229 Å². The molecule has 0 saturated carbocycles. The molecule has 5 nitrogen and oxygen atoms in total. The Morgan fingerprint density at radius 2 is 1.24 bits per heavy atom. The van der Waals surface area contributed by atoms with Crippen molar-refractivity contribution in [2.45, 2.75) is 120 Å². The van der Waals surface area contributed by atoms with Crippen LogP contribution < -0.4 is 5.73 Å². The molecule has 216 valence electrons. The van der Waals surface area contributed by atoms with Crippen LogP contribution in [0.5, 0.6) is 0 Å². The second-order valence-corrected chi connectivity index (χ2v) is 9.03. The first-order valence-electron chi connectivity index (χ1n) is 14.3. The van der Waals surface area contributed by atoms with Gasteiger partial charge in [-0.15, -0.1) is 0 Å².